The van der Waals surface area contributed by atoms with Crippen LogP contribution in [0.3, 0.4) is 0 Å². The minimum atomic E-state index is -0.446. The maximum Gasteiger partial charge on any atom is 0.291 e. The number of carbonyl (C=O) groups excluding carboxylic acids is 1. The number of halogens is 1. The van der Waals surface area contributed by atoms with Gasteiger partial charge in [0.1, 0.15) is 5.69 Å². The molecule has 1 aromatic carbocycles. The van der Waals surface area contributed by atoms with Crippen molar-refractivity contribution in [1.29, 1.82) is 0 Å². The maximum absolute atomic E-state index is 11.6. The second-order valence-electron chi connectivity index (χ2n) is 3.73. The summed E-state index contributed by atoms with van der Waals surface area (Å²) in [6.07, 6.45) is 7.36. The SMILES string of the molecule is O=C(NN=C/C(Cl)=C\c1ccccc1)c1cnccn1. The standard InChI is InChI=1S/C14H11ClN4O/c15-12(8-11-4-2-1-3-5-11)9-18-19-14(20)13-10-16-6-7-17-13/h1-10H,(H,19,20)/b12-8+,18-9?. The number of hydrogen-bond donors (Lipinski definition) is 1. The number of benzene rings is 1. The second kappa shape index (κ2) is 7.16. The summed E-state index contributed by atoms with van der Waals surface area (Å²) in [5.74, 6) is -0.446. The predicted molar refractivity (Wildman–Crippen MR) is 78.3 cm³/mol. The summed E-state index contributed by atoms with van der Waals surface area (Å²) in [7, 11) is 0. The Labute approximate surface area is 121 Å². The largest absolute Gasteiger partial charge is 0.291 e. The van der Waals surface area contributed by atoms with Crippen LogP contribution in [0.15, 0.2) is 59.1 Å². The number of amides is 1. The van der Waals surface area contributed by atoms with E-state index in [1.54, 1.807) is 6.08 Å². The van der Waals surface area contributed by atoms with Crippen LogP contribution in [0.25, 0.3) is 6.08 Å². The van der Waals surface area contributed by atoms with Crippen molar-refractivity contribution in [2.24, 2.45) is 5.10 Å². The van der Waals surface area contributed by atoms with Crippen LogP contribution in [0.4, 0.5) is 0 Å². The first-order chi connectivity index (χ1) is 9.75. The molecule has 0 aliphatic heterocycles. The Balaban J connectivity index is 1.94. The molecule has 0 spiro atoms. The first kappa shape index (κ1) is 13.9. The number of carbonyl (C=O) groups is 1. The molecule has 0 fully saturated rings. The molecular weight excluding hydrogens is 276 g/mol. The van der Waals surface area contributed by atoms with E-state index in [2.05, 4.69) is 20.5 Å². The summed E-state index contributed by atoms with van der Waals surface area (Å²) >= 11 is 5.98. The monoisotopic (exact) mass is 286 g/mol. The fourth-order valence-corrected chi connectivity index (χ4v) is 1.55. The maximum atomic E-state index is 11.6. The fraction of sp³-hybridized carbons (Fsp3) is 0. The van der Waals surface area contributed by atoms with Crippen LogP contribution in [0.1, 0.15) is 16.1 Å². The van der Waals surface area contributed by atoms with Gasteiger partial charge in [-0.15, -0.1) is 0 Å². The molecule has 5 nitrogen and oxygen atoms in total. The summed E-state index contributed by atoms with van der Waals surface area (Å²) in [5.41, 5.74) is 3.45. The van der Waals surface area contributed by atoms with Crippen molar-refractivity contribution in [1.82, 2.24) is 15.4 Å². The van der Waals surface area contributed by atoms with Gasteiger partial charge in [0.15, 0.2) is 0 Å². The second-order valence-corrected chi connectivity index (χ2v) is 4.17. The summed E-state index contributed by atoms with van der Waals surface area (Å²) in [5, 5.41) is 4.15. The minimum absolute atomic E-state index is 0.188. The molecule has 6 heteroatoms. The van der Waals surface area contributed by atoms with E-state index in [0.29, 0.717) is 5.03 Å². The molecule has 0 radical (unpaired) electrons. The van der Waals surface area contributed by atoms with Gasteiger partial charge < -0.3 is 0 Å². The zero-order valence-corrected chi connectivity index (χ0v) is 11.2. The molecule has 0 aliphatic rings. The number of nitrogens with one attached hydrogen (secondary N) is 1. The van der Waals surface area contributed by atoms with E-state index in [9.17, 15) is 4.79 Å². The highest BCUT2D eigenvalue weighted by molar-refractivity contribution is 6.41. The molecule has 20 heavy (non-hydrogen) atoms. The van der Waals surface area contributed by atoms with Crippen LogP contribution >= 0.6 is 11.6 Å². The van der Waals surface area contributed by atoms with E-state index >= 15 is 0 Å². The third-order valence-electron chi connectivity index (χ3n) is 2.25. The Morgan fingerprint density at radius 2 is 2.05 bits per heavy atom. The molecule has 0 unspecified atom stereocenters. The zero-order valence-electron chi connectivity index (χ0n) is 10.4. The Hall–Kier alpha value is -2.53. The van der Waals surface area contributed by atoms with Crippen molar-refractivity contribution in [2.45, 2.75) is 0 Å². The third-order valence-corrected chi connectivity index (χ3v) is 2.46. The van der Waals surface area contributed by atoms with Gasteiger partial charge in [-0.05, 0) is 11.6 Å². The van der Waals surface area contributed by atoms with Crippen LogP contribution in [-0.4, -0.2) is 22.1 Å². The van der Waals surface area contributed by atoms with Crippen molar-refractivity contribution in [3.8, 4) is 0 Å². The summed E-state index contributed by atoms with van der Waals surface area (Å²) in [4.78, 5) is 19.2. The van der Waals surface area contributed by atoms with Gasteiger partial charge in [0.2, 0.25) is 0 Å². The highest BCUT2D eigenvalue weighted by Gasteiger charge is 2.04. The molecule has 1 amide bonds. The first-order valence-corrected chi connectivity index (χ1v) is 6.15. The summed E-state index contributed by atoms with van der Waals surface area (Å²) < 4.78 is 0. The fourth-order valence-electron chi connectivity index (χ4n) is 1.37. The van der Waals surface area contributed by atoms with Crippen LogP contribution in [0, 0.1) is 0 Å². The lowest BCUT2D eigenvalue weighted by molar-refractivity contribution is 0.0950. The van der Waals surface area contributed by atoms with Crippen molar-refractivity contribution in [3.05, 3.63) is 65.2 Å². The van der Waals surface area contributed by atoms with Gasteiger partial charge in [0.25, 0.3) is 5.91 Å². The Kier molecular flexibility index (Phi) is 4.97. The zero-order chi connectivity index (χ0) is 14.2. The molecule has 2 aromatic rings. The molecule has 1 aromatic heterocycles. The first-order valence-electron chi connectivity index (χ1n) is 5.77. The molecule has 2 rings (SSSR count). The van der Waals surface area contributed by atoms with Crippen molar-refractivity contribution in [3.63, 3.8) is 0 Å². The van der Waals surface area contributed by atoms with Gasteiger partial charge in [-0.1, -0.05) is 41.9 Å². The molecule has 0 atom stereocenters. The molecule has 100 valence electrons. The Bertz CT molecular complexity index is 626. The molecular formula is C14H11ClN4O. The minimum Gasteiger partial charge on any atom is -0.265 e. The summed E-state index contributed by atoms with van der Waals surface area (Å²) in [6.45, 7) is 0. The highest BCUT2D eigenvalue weighted by Crippen LogP contribution is 2.07. The predicted octanol–water partition coefficient (Wildman–Crippen LogP) is 2.47. The van der Waals surface area contributed by atoms with E-state index < -0.39 is 5.91 Å². The average molecular weight is 287 g/mol. The number of nitrogens with zero attached hydrogens (tertiary/aromatic N) is 3. The summed E-state index contributed by atoms with van der Waals surface area (Å²) in [6, 6.07) is 9.55. The molecule has 1 N–H and O–H groups in total. The van der Waals surface area contributed by atoms with E-state index in [1.807, 2.05) is 30.3 Å². The lowest BCUT2D eigenvalue weighted by Gasteiger charge is -1.97. The van der Waals surface area contributed by atoms with E-state index in [-0.39, 0.29) is 5.69 Å². The van der Waals surface area contributed by atoms with Crippen molar-refractivity contribution in [2.75, 3.05) is 0 Å². The van der Waals surface area contributed by atoms with Crippen LogP contribution in [0.5, 0.6) is 0 Å². The van der Waals surface area contributed by atoms with E-state index in [0.717, 1.165) is 5.56 Å². The van der Waals surface area contributed by atoms with E-state index in [4.69, 9.17) is 11.6 Å². The van der Waals surface area contributed by atoms with Crippen molar-refractivity contribution >= 4 is 29.8 Å². The highest BCUT2D eigenvalue weighted by atomic mass is 35.5. The molecule has 1 heterocycles. The van der Waals surface area contributed by atoms with Crippen LogP contribution in [-0.2, 0) is 0 Å². The van der Waals surface area contributed by atoms with Gasteiger partial charge in [-0.2, -0.15) is 5.10 Å². The van der Waals surface area contributed by atoms with E-state index in [1.165, 1.54) is 24.8 Å². The Morgan fingerprint density at radius 1 is 1.25 bits per heavy atom. The number of rotatable bonds is 4. The van der Waals surface area contributed by atoms with Gasteiger partial charge in [-0.3, -0.25) is 9.78 Å². The Morgan fingerprint density at radius 3 is 2.75 bits per heavy atom. The van der Waals surface area contributed by atoms with Gasteiger partial charge in [-0.25, -0.2) is 10.4 Å². The van der Waals surface area contributed by atoms with Gasteiger partial charge in [0, 0.05) is 12.4 Å². The number of hydrazone groups is 1. The molecule has 0 saturated carbocycles. The smallest absolute Gasteiger partial charge is 0.265 e. The van der Waals surface area contributed by atoms with Gasteiger partial charge in [0.05, 0.1) is 17.4 Å². The lowest BCUT2D eigenvalue weighted by Crippen LogP contribution is -2.18. The number of hydrogen-bond acceptors (Lipinski definition) is 4. The molecule has 0 bridgehead atoms. The average Bonchev–Trinajstić information content (AvgIpc) is 2.49. The third kappa shape index (κ3) is 4.29. The number of allylic oxidation sites excluding steroid dienone is 1. The lowest BCUT2D eigenvalue weighted by atomic mass is 10.2. The normalized spacial score (nSPS) is 11.6. The topological polar surface area (TPSA) is 67.2 Å². The van der Waals surface area contributed by atoms with Crippen LogP contribution in [0.2, 0.25) is 0 Å². The number of aromatic nitrogens is 2. The quantitative estimate of drug-likeness (QED) is 0.693. The molecule has 0 saturated heterocycles. The van der Waals surface area contributed by atoms with Crippen molar-refractivity contribution < 1.29 is 4.79 Å². The molecule has 0 aliphatic carbocycles. The van der Waals surface area contributed by atoms with Crippen LogP contribution < -0.4 is 5.43 Å². The van der Waals surface area contributed by atoms with Gasteiger partial charge >= 0.3 is 0 Å².